The molecular formula is C21H19BrN4O. The molecule has 27 heavy (non-hydrogen) atoms. The first kappa shape index (κ1) is 18.7. The Bertz CT molecular complexity index is 1030. The number of benzene rings is 2. The summed E-state index contributed by atoms with van der Waals surface area (Å²) in [6, 6.07) is 15.6. The molecule has 0 saturated carbocycles. The first-order valence-corrected chi connectivity index (χ1v) is 9.22. The molecule has 1 amide bonds. The van der Waals surface area contributed by atoms with Gasteiger partial charge in [0.2, 0.25) is 0 Å². The van der Waals surface area contributed by atoms with Crippen LogP contribution in [0.2, 0.25) is 0 Å². The van der Waals surface area contributed by atoms with Gasteiger partial charge >= 0.3 is 0 Å². The fourth-order valence-corrected chi connectivity index (χ4v) is 3.14. The smallest absolute Gasteiger partial charge is 0.259 e. The van der Waals surface area contributed by atoms with E-state index in [1.54, 1.807) is 6.21 Å². The third kappa shape index (κ3) is 4.39. The summed E-state index contributed by atoms with van der Waals surface area (Å²) in [5.74, 6) is 2.45. The molecule has 0 spiro atoms. The van der Waals surface area contributed by atoms with Crippen molar-refractivity contribution >= 4 is 44.6 Å². The quantitative estimate of drug-likeness (QED) is 0.359. The average molecular weight is 423 g/mol. The van der Waals surface area contributed by atoms with Gasteiger partial charge in [0.1, 0.15) is 0 Å². The maximum Gasteiger partial charge on any atom is 0.259 e. The minimum Gasteiger partial charge on any atom is -0.376 e. The number of carbonyl (C=O) groups is 1. The van der Waals surface area contributed by atoms with E-state index in [-0.39, 0.29) is 12.5 Å². The molecule has 0 atom stereocenters. The summed E-state index contributed by atoms with van der Waals surface area (Å²) in [6.07, 6.45) is 7.16. The number of anilines is 1. The van der Waals surface area contributed by atoms with Gasteiger partial charge in [-0.15, -0.1) is 6.42 Å². The summed E-state index contributed by atoms with van der Waals surface area (Å²) in [7, 11) is 0. The Labute approximate surface area is 166 Å². The molecule has 0 aliphatic heterocycles. The highest BCUT2D eigenvalue weighted by Gasteiger charge is 2.11. The number of fused-ring (bicyclic) bond motifs is 1. The van der Waals surface area contributed by atoms with Crippen molar-refractivity contribution in [1.29, 1.82) is 0 Å². The van der Waals surface area contributed by atoms with Gasteiger partial charge in [0, 0.05) is 32.3 Å². The van der Waals surface area contributed by atoms with Gasteiger partial charge in [-0.05, 0) is 37.3 Å². The maximum atomic E-state index is 12.0. The van der Waals surface area contributed by atoms with Crippen molar-refractivity contribution in [2.75, 3.05) is 11.9 Å². The van der Waals surface area contributed by atoms with Crippen LogP contribution in [0.3, 0.4) is 0 Å². The van der Waals surface area contributed by atoms with E-state index < -0.39 is 0 Å². The van der Waals surface area contributed by atoms with E-state index in [4.69, 9.17) is 6.42 Å². The molecule has 2 N–H and O–H groups in total. The molecular weight excluding hydrogens is 404 g/mol. The first-order chi connectivity index (χ1) is 13.1. The Kier molecular flexibility index (Phi) is 5.94. The second kappa shape index (κ2) is 8.56. The van der Waals surface area contributed by atoms with Crippen molar-refractivity contribution in [3.05, 3.63) is 64.3 Å². The number of hydrazone groups is 1. The number of rotatable bonds is 6. The van der Waals surface area contributed by atoms with Crippen molar-refractivity contribution in [3.63, 3.8) is 0 Å². The van der Waals surface area contributed by atoms with Crippen molar-refractivity contribution in [3.8, 4) is 12.3 Å². The predicted molar refractivity (Wildman–Crippen MR) is 114 cm³/mol. The fraction of sp³-hybridized carbons (Fsp3) is 0.143. The molecule has 0 aliphatic rings. The zero-order valence-electron chi connectivity index (χ0n) is 14.9. The van der Waals surface area contributed by atoms with E-state index in [9.17, 15) is 4.79 Å². The van der Waals surface area contributed by atoms with Gasteiger partial charge in [-0.2, -0.15) is 5.10 Å². The van der Waals surface area contributed by atoms with Gasteiger partial charge in [0.15, 0.2) is 0 Å². The second-order valence-electron chi connectivity index (χ2n) is 5.96. The van der Waals surface area contributed by atoms with Gasteiger partial charge < -0.3 is 9.88 Å². The van der Waals surface area contributed by atoms with Crippen LogP contribution in [0.1, 0.15) is 11.3 Å². The minimum atomic E-state index is -0.223. The Morgan fingerprint density at radius 3 is 2.74 bits per heavy atom. The van der Waals surface area contributed by atoms with Crippen LogP contribution in [0.5, 0.6) is 0 Å². The number of hydrogen-bond donors (Lipinski definition) is 2. The summed E-state index contributed by atoms with van der Waals surface area (Å²) in [5.41, 5.74) is 6.44. The monoisotopic (exact) mass is 422 g/mol. The molecule has 1 aromatic heterocycles. The van der Waals surface area contributed by atoms with Crippen LogP contribution in [-0.2, 0) is 11.3 Å². The molecule has 3 aromatic rings. The van der Waals surface area contributed by atoms with E-state index >= 15 is 0 Å². The number of para-hydroxylation sites is 1. The van der Waals surface area contributed by atoms with Gasteiger partial charge in [0.05, 0.1) is 19.3 Å². The molecule has 0 fully saturated rings. The minimum absolute atomic E-state index is 0.136. The number of halogens is 1. The van der Waals surface area contributed by atoms with Gasteiger partial charge in [-0.3, -0.25) is 4.79 Å². The predicted octanol–water partition coefficient (Wildman–Crippen LogP) is 3.91. The summed E-state index contributed by atoms with van der Waals surface area (Å²) in [4.78, 5) is 12.0. The number of aromatic nitrogens is 1. The fourth-order valence-electron chi connectivity index (χ4n) is 2.87. The summed E-state index contributed by atoms with van der Waals surface area (Å²) < 4.78 is 3.05. The molecule has 0 saturated heterocycles. The molecule has 6 heteroatoms. The summed E-state index contributed by atoms with van der Waals surface area (Å²) in [6.45, 7) is 2.62. The molecule has 3 rings (SSSR count). The number of carbonyl (C=O) groups excluding carboxylic acids is 1. The summed E-state index contributed by atoms with van der Waals surface area (Å²) in [5, 5.41) is 8.22. The highest BCUT2D eigenvalue weighted by molar-refractivity contribution is 9.10. The first-order valence-electron chi connectivity index (χ1n) is 8.43. The molecule has 0 radical (unpaired) electrons. The zero-order chi connectivity index (χ0) is 19.2. The van der Waals surface area contributed by atoms with Crippen LogP contribution in [0.15, 0.2) is 58.1 Å². The van der Waals surface area contributed by atoms with Crippen LogP contribution in [-0.4, -0.2) is 23.2 Å². The van der Waals surface area contributed by atoms with E-state index in [0.29, 0.717) is 6.54 Å². The lowest BCUT2D eigenvalue weighted by molar-refractivity contribution is -0.119. The van der Waals surface area contributed by atoms with E-state index in [1.165, 1.54) is 0 Å². The van der Waals surface area contributed by atoms with Gasteiger partial charge in [-0.25, -0.2) is 5.43 Å². The second-order valence-corrected chi connectivity index (χ2v) is 6.88. The average Bonchev–Trinajstić information content (AvgIpc) is 2.94. The third-order valence-electron chi connectivity index (χ3n) is 4.21. The van der Waals surface area contributed by atoms with Crippen molar-refractivity contribution in [1.82, 2.24) is 9.99 Å². The molecule has 2 aromatic carbocycles. The third-order valence-corrected chi connectivity index (χ3v) is 4.74. The number of amides is 1. The lowest BCUT2D eigenvalue weighted by atomic mass is 10.1. The molecule has 0 aliphatic carbocycles. The number of terminal acetylenes is 1. The lowest BCUT2D eigenvalue weighted by Crippen LogP contribution is -2.25. The largest absolute Gasteiger partial charge is 0.376 e. The Hall–Kier alpha value is -3.04. The molecule has 0 unspecified atom stereocenters. The number of nitrogens with zero attached hydrogens (tertiary/aromatic N) is 2. The van der Waals surface area contributed by atoms with Crippen LogP contribution < -0.4 is 10.7 Å². The standard InChI is InChI=1S/C21H19BrN4O/c1-3-12-26-15(2)19(18-6-4-5-7-20(18)26)13-24-25-21(27)14-23-17-10-8-16(22)9-11-17/h1,4-11,13,23H,12,14H2,2H3,(H,25,27)/b24-13-. The Balaban J connectivity index is 1.67. The van der Waals surface area contributed by atoms with Crippen LogP contribution in [0.4, 0.5) is 5.69 Å². The van der Waals surface area contributed by atoms with Crippen LogP contribution in [0.25, 0.3) is 10.9 Å². The number of nitrogens with one attached hydrogen (secondary N) is 2. The molecule has 0 bridgehead atoms. The molecule has 136 valence electrons. The maximum absolute atomic E-state index is 12.0. The molecule has 5 nitrogen and oxygen atoms in total. The summed E-state index contributed by atoms with van der Waals surface area (Å²) >= 11 is 3.38. The molecule has 1 heterocycles. The zero-order valence-corrected chi connectivity index (χ0v) is 16.5. The Morgan fingerprint density at radius 1 is 1.26 bits per heavy atom. The highest BCUT2D eigenvalue weighted by Crippen LogP contribution is 2.24. The SMILES string of the molecule is C#CCn1c(C)c(/C=N\NC(=O)CNc2ccc(Br)cc2)c2ccccc21. The van der Waals surface area contributed by atoms with Crippen molar-refractivity contribution < 1.29 is 4.79 Å². The van der Waals surface area contributed by atoms with Crippen molar-refractivity contribution in [2.45, 2.75) is 13.5 Å². The van der Waals surface area contributed by atoms with Crippen LogP contribution in [0, 0.1) is 19.3 Å². The number of hydrogen-bond acceptors (Lipinski definition) is 3. The van der Waals surface area contributed by atoms with E-state index in [1.807, 2.05) is 55.5 Å². The van der Waals surface area contributed by atoms with Crippen LogP contribution >= 0.6 is 15.9 Å². The van der Waals surface area contributed by atoms with E-state index in [0.717, 1.165) is 32.3 Å². The van der Waals surface area contributed by atoms with E-state index in [2.05, 4.69) is 42.3 Å². The van der Waals surface area contributed by atoms with Gasteiger partial charge in [0.25, 0.3) is 5.91 Å². The normalized spacial score (nSPS) is 10.9. The van der Waals surface area contributed by atoms with Gasteiger partial charge in [-0.1, -0.05) is 40.0 Å². The lowest BCUT2D eigenvalue weighted by Gasteiger charge is -2.05. The van der Waals surface area contributed by atoms with Crippen molar-refractivity contribution in [2.24, 2.45) is 5.10 Å². The Morgan fingerprint density at radius 2 is 2.00 bits per heavy atom. The topological polar surface area (TPSA) is 58.4 Å². The highest BCUT2D eigenvalue weighted by atomic mass is 79.9.